The Hall–Kier alpha value is -2.97. The molecule has 0 amide bonds. The standard InChI is InChI=1S/C22H27N5O3/c1-28-14-12-24-20-17(8-5-11-23-20)21-25-22(30-26-21)18-9-6-13-27(18)15-16-7-3-4-10-19(16)29-2/h3-5,7-8,10-11,18H,6,9,12-15H2,1-2H3,(H,23,24). The van der Waals surface area contributed by atoms with Crippen LogP contribution in [-0.4, -0.2) is 53.9 Å². The van der Waals surface area contributed by atoms with Crippen molar-refractivity contribution >= 4 is 5.82 Å². The lowest BCUT2D eigenvalue weighted by atomic mass is 10.1. The van der Waals surface area contributed by atoms with Crippen molar-refractivity contribution < 1.29 is 14.0 Å². The monoisotopic (exact) mass is 409 g/mol. The minimum absolute atomic E-state index is 0.0951. The molecule has 4 rings (SSSR count). The van der Waals surface area contributed by atoms with Crippen LogP contribution in [0.1, 0.15) is 30.3 Å². The number of ether oxygens (including phenoxy) is 2. The number of likely N-dealkylation sites (tertiary alicyclic amines) is 1. The van der Waals surface area contributed by atoms with E-state index in [1.54, 1.807) is 20.4 Å². The molecule has 158 valence electrons. The number of nitrogens with one attached hydrogen (secondary N) is 1. The van der Waals surface area contributed by atoms with E-state index in [1.807, 2.05) is 30.3 Å². The van der Waals surface area contributed by atoms with Gasteiger partial charge >= 0.3 is 0 Å². The molecule has 1 aliphatic rings. The van der Waals surface area contributed by atoms with Gasteiger partial charge in [-0.3, -0.25) is 4.90 Å². The van der Waals surface area contributed by atoms with Gasteiger partial charge in [-0.25, -0.2) is 4.98 Å². The van der Waals surface area contributed by atoms with Crippen molar-refractivity contribution in [1.29, 1.82) is 0 Å². The molecule has 0 spiro atoms. The predicted molar refractivity (Wildman–Crippen MR) is 113 cm³/mol. The normalized spacial score (nSPS) is 16.7. The van der Waals surface area contributed by atoms with E-state index in [1.165, 1.54) is 0 Å². The van der Waals surface area contributed by atoms with Crippen LogP contribution in [0.25, 0.3) is 11.4 Å². The quantitative estimate of drug-likeness (QED) is 0.537. The molecule has 8 heteroatoms. The number of rotatable bonds is 9. The van der Waals surface area contributed by atoms with E-state index in [0.717, 1.165) is 48.6 Å². The third kappa shape index (κ3) is 4.44. The molecule has 0 aliphatic carbocycles. The summed E-state index contributed by atoms with van der Waals surface area (Å²) in [7, 11) is 3.38. The fourth-order valence-corrected chi connectivity index (χ4v) is 3.83. The molecule has 8 nitrogen and oxygen atoms in total. The van der Waals surface area contributed by atoms with Gasteiger partial charge in [-0.1, -0.05) is 23.4 Å². The first-order valence-electron chi connectivity index (χ1n) is 10.2. The number of pyridine rings is 1. The number of methoxy groups -OCH3 is 2. The zero-order valence-corrected chi connectivity index (χ0v) is 17.4. The molecular formula is C22H27N5O3. The Balaban J connectivity index is 1.52. The van der Waals surface area contributed by atoms with Crippen LogP contribution < -0.4 is 10.1 Å². The van der Waals surface area contributed by atoms with Crippen LogP contribution in [0.5, 0.6) is 5.75 Å². The van der Waals surface area contributed by atoms with Gasteiger partial charge < -0.3 is 19.3 Å². The number of hydrogen-bond donors (Lipinski definition) is 1. The van der Waals surface area contributed by atoms with Crippen molar-refractivity contribution in [3.8, 4) is 17.1 Å². The van der Waals surface area contributed by atoms with Crippen LogP contribution in [0.15, 0.2) is 47.1 Å². The first-order valence-corrected chi connectivity index (χ1v) is 10.2. The number of aromatic nitrogens is 3. The summed E-state index contributed by atoms with van der Waals surface area (Å²) in [4.78, 5) is 11.5. The first-order chi connectivity index (χ1) is 14.8. The number of anilines is 1. The number of para-hydroxylation sites is 1. The number of nitrogens with zero attached hydrogens (tertiary/aromatic N) is 4. The maximum Gasteiger partial charge on any atom is 0.244 e. The zero-order chi connectivity index (χ0) is 20.8. The molecule has 1 atom stereocenters. The third-order valence-electron chi connectivity index (χ3n) is 5.30. The van der Waals surface area contributed by atoms with E-state index in [0.29, 0.717) is 24.9 Å². The van der Waals surface area contributed by atoms with Gasteiger partial charge in [0, 0.05) is 32.0 Å². The Morgan fingerprint density at radius 3 is 2.97 bits per heavy atom. The van der Waals surface area contributed by atoms with Crippen molar-refractivity contribution in [3.05, 3.63) is 54.0 Å². The van der Waals surface area contributed by atoms with Gasteiger partial charge in [0.05, 0.1) is 25.3 Å². The maximum absolute atomic E-state index is 5.69. The lowest BCUT2D eigenvalue weighted by Gasteiger charge is -2.22. The maximum atomic E-state index is 5.69. The Bertz CT molecular complexity index is 961. The summed E-state index contributed by atoms with van der Waals surface area (Å²) >= 11 is 0. The van der Waals surface area contributed by atoms with Crippen molar-refractivity contribution in [2.24, 2.45) is 0 Å². The number of benzene rings is 1. The van der Waals surface area contributed by atoms with Crippen molar-refractivity contribution in [2.75, 3.05) is 39.2 Å². The highest BCUT2D eigenvalue weighted by atomic mass is 16.5. The molecule has 3 aromatic rings. The molecule has 1 aliphatic heterocycles. The molecule has 1 unspecified atom stereocenters. The molecule has 0 saturated carbocycles. The van der Waals surface area contributed by atoms with Crippen LogP contribution >= 0.6 is 0 Å². The predicted octanol–water partition coefficient (Wildman–Crippen LogP) is 3.54. The fraction of sp³-hybridized carbons (Fsp3) is 0.409. The molecule has 3 heterocycles. The molecule has 2 aromatic heterocycles. The Labute approximate surface area is 176 Å². The van der Waals surface area contributed by atoms with Gasteiger partial charge in [0.2, 0.25) is 11.7 Å². The summed E-state index contributed by atoms with van der Waals surface area (Å²) in [6.07, 6.45) is 3.82. The largest absolute Gasteiger partial charge is 0.496 e. The van der Waals surface area contributed by atoms with E-state index >= 15 is 0 Å². The van der Waals surface area contributed by atoms with Crippen molar-refractivity contribution in [3.63, 3.8) is 0 Å². The van der Waals surface area contributed by atoms with Crippen molar-refractivity contribution in [2.45, 2.75) is 25.4 Å². The zero-order valence-electron chi connectivity index (χ0n) is 17.4. The lowest BCUT2D eigenvalue weighted by Crippen LogP contribution is -2.23. The smallest absolute Gasteiger partial charge is 0.244 e. The van der Waals surface area contributed by atoms with Crippen LogP contribution in [0, 0.1) is 0 Å². The Morgan fingerprint density at radius 2 is 2.10 bits per heavy atom. The van der Waals surface area contributed by atoms with Gasteiger partial charge in [0.25, 0.3) is 0 Å². The second-order valence-corrected chi connectivity index (χ2v) is 7.22. The molecule has 0 radical (unpaired) electrons. The fourth-order valence-electron chi connectivity index (χ4n) is 3.83. The van der Waals surface area contributed by atoms with E-state index in [9.17, 15) is 0 Å². The molecular weight excluding hydrogens is 382 g/mol. The van der Waals surface area contributed by atoms with Crippen LogP contribution in [0.2, 0.25) is 0 Å². The van der Waals surface area contributed by atoms with E-state index in [-0.39, 0.29) is 6.04 Å². The molecule has 0 bridgehead atoms. The van der Waals surface area contributed by atoms with Gasteiger partial charge in [0.1, 0.15) is 11.6 Å². The summed E-state index contributed by atoms with van der Waals surface area (Å²) in [6, 6.07) is 12.0. The van der Waals surface area contributed by atoms with Crippen LogP contribution in [-0.2, 0) is 11.3 Å². The minimum atomic E-state index is 0.0951. The number of hydrogen-bond acceptors (Lipinski definition) is 8. The molecule has 1 N–H and O–H groups in total. The highest BCUT2D eigenvalue weighted by Crippen LogP contribution is 2.35. The SMILES string of the molecule is COCCNc1ncccc1-c1noc(C2CCCN2Cc2ccccc2OC)n1. The van der Waals surface area contributed by atoms with Gasteiger partial charge in [-0.2, -0.15) is 4.98 Å². The van der Waals surface area contributed by atoms with Crippen LogP contribution in [0.4, 0.5) is 5.82 Å². The Morgan fingerprint density at radius 1 is 1.20 bits per heavy atom. The lowest BCUT2D eigenvalue weighted by molar-refractivity contribution is 0.199. The second-order valence-electron chi connectivity index (χ2n) is 7.22. The molecule has 1 saturated heterocycles. The Kier molecular flexibility index (Phi) is 6.56. The first kappa shape index (κ1) is 20.3. The van der Waals surface area contributed by atoms with E-state index in [2.05, 4.69) is 26.4 Å². The topological polar surface area (TPSA) is 85.5 Å². The van der Waals surface area contributed by atoms with Crippen LogP contribution in [0.3, 0.4) is 0 Å². The summed E-state index contributed by atoms with van der Waals surface area (Å²) in [5.41, 5.74) is 1.97. The summed E-state index contributed by atoms with van der Waals surface area (Å²) in [5.74, 6) is 2.81. The van der Waals surface area contributed by atoms with Gasteiger partial charge in [-0.15, -0.1) is 0 Å². The van der Waals surface area contributed by atoms with E-state index < -0.39 is 0 Å². The van der Waals surface area contributed by atoms with Crippen molar-refractivity contribution in [1.82, 2.24) is 20.0 Å². The molecule has 30 heavy (non-hydrogen) atoms. The average Bonchev–Trinajstić information content (AvgIpc) is 3.44. The summed E-state index contributed by atoms with van der Waals surface area (Å²) in [6.45, 7) is 3.01. The average molecular weight is 409 g/mol. The molecule has 1 fully saturated rings. The minimum Gasteiger partial charge on any atom is -0.496 e. The van der Waals surface area contributed by atoms with E-state index in [4.69, 9.17) is 19.0 Å². The second kappa shape index (κ2) is 9.69. The van der Waals surface area contributed by atoms with Gasteiger partial charge in [0.15, 0.2) is 0 Å². The highest BCUT2D eigenvalue weighted by molar-refractivity contribution is 5.69. The molecule has 1 aromatic carbocycles. The van der Waals surface area contributed by atoms with Gasteiger partial charge in [-0.05, 0) is 37.6 Å². The third-order valence-corrected chi connectivity index (χ3v) is 5.30. The highest BCUT2D eigenvalue weighted by Gasteiger charge is 2.31. The summed E-state index contributed by atoms with van der Waals surface area (Å²) in [5, 5.41) is 7.51. The summed E-state index contributed by atoms with van der Waals surface area (Å²) < 4.78 is 16.3.